The maximum absolute atomic E-state index is 13.0. The van der Waals surface area contributed by atoms with Crippen molar-refractivity contribution in [1.82, 2.24) is 0 Å². The van der Waals surface area contributed by atoms with Gasteiger partial charge in [0.1, 0.15) is 5.82 Å². The zero-order chi connectivity index (χ0) is 12.0. The quantitative estimate of drug-likeness (QED) is 0.855. The summed E-state index contributed by atoms with van der Waals surface area (Å²) in [5, 5.41) is 11.6. The lowest BCUT2D eigenvalue weighted by molar-refractivity contribution is 0.628. The van der Waals surface area contributed by atoms with Crippen LogP contribution in [-0.2, 0) is 10.8 Å². The van der Waals surface area contributed by atoms with E-state index >= 15 is 0 Å². The molecule has 0 fully saturated rings. The Morgan fingerprint density at radius 1 is 1.50 bits per heavy atom. The maximum atomic E-state index is 13.0. The Morgan fingerprint density at radius 3 is 2.88 bits per heavy atom. The molecule has 1 aromatic rings. The molecular formula is C11H13FN2OS. The van der Waals surface area contributed by atoms with Crippen molar-refractivity contribution in [3.8, 4) is 6.07 Å². The van der Waals surface area contributed by atoms with Crippen LogP contribution >= 0.6 is 0 Å². The Morgan fingerprint density at radius 2 is 2.25 bits per heavy atom. The monoisotopic (exact) mass is 240 g/mol. The Bertz CT molecular complexity index is 428. The molecule has 1 rings (SSSR count). The molecule has 86 valence electrons. The average molecular weight is 240 g/mol. The molecule has 0 heterocycles. The fourth-order valence-electron chi connectivity index (χ4n) is 1.21. The Kier molecular flexibility index (Phi) is 4.93. The van der Waals surface area contributed by atoms with Gasteiger partial charge in [-0.1, -0.05) is 6.92 Å². The summed E-state index contributed by atoms with van der Waals surface area (Å²) >= 11 is 0. The number of nitrogens with one attached hydrogen (secondary N) is 1. The lowest BCUT2D eigenvalue weighted by Crippen LogP contribution is -2.12. The summed E-state index contributed by atoms with van der Waals surface area (Å²) in [6.45, 7) is 2.36. The number of halogens is 1. The number of hydrogen-bond donors (Lipinski definition) is 1. The summed E-state index contributed by atoms with van der Waals surface area (Å²) in [4.78, 5) is 0. The molecular weight excluding hydrogens is 227 g/mol. The first kappa shape index (κ1) is 12.7. The average Bonchev–Trinajstić information content (AvgIpc) is 2.28. The summed E-state index contributed by atoms with van der Waals surface area (Å²) in [5.41, 5.74) is 0.823. The molecule has 1 aromatic carbocycles. The summed E-state index contributed by atoms with van der Waals surface area (Å²) in [7, 11) is -0.834. The van der Waals surface area contributed by atoms with E-state index < -0.39 is 16.6 Å². The third kappa shape index (κ3) is 3.99. The van der Waals surface area contributed by atoms with Gasteiger partial charge in [0.2, 0.25) is 0 Å². The van der Waals surface area contributed by atoms with Gasteiger partial charge in [-0.05, 0) is 18.2 Å². The van der Waals surface area contributed by atoms with Crippen molar-refractivity contribution in [2.24, 2.45) is 0 Å². The van der Waals surface area contributed by atoms with Gasteiger partial charge < -0.3 is 5.32 Å². The van der Waals surface area contributed by atoms with Gasteiger partial charge in [-0.2, -0.15) is 5.26 Å². The highest BCUT2D eigenvalue weighted by Gasteiger charge is 2.01. The summed E-state index contributed by atoms with van der Waals surface area (Å²) in [6.07, 6.45) is 0. The summed E-state index contributed by atoms with van der Waals surface area (Å²) in [5.74, 6) is 0.696. The number of nitrogens with zero attached hydrogens (tertiary/aromatic N) is 1. The van der Waals surface area contributed by atoms with Gasteiger partial charge >= 0.3 is 0 Å². The molecule has 0 aromatic heterocycles. The van der Waals surface area contributed by atoms with Crippen LogP contribution in [0.25, 0.3) is 0 Å². The zero-order valence-electron chi connectivity index (χ0n) is 9.00. The van der Waals surface area contributed by atoms with Gasteiger partial charge in [-0.3, -0.25) is 4.21 Å². The standard InChI is InChI=1S/C11H13FN2OS/c1-2-16(15)4-3-14-11-6-9(8-13)5-10(12)7-11/h5-7,14H,2-4H2,1H3. The van der Waals surface area contributed by atoms with Gasteiger partial charge in [0.15, 0.2) is 0 Å². The molecule has 0 aliphatic rings. The third-order valence-electron chi connectivity index (χ3n) is 2.01. The second kappa shape index (κ2) is 6.23. The second-order valence-corrected chi connectivity index (χ2v) is 5.07. The molecule has 1 atom stereocenters. The minimum Gasteiger partial charge on any atom is -0.384 e. The van der Waals surface area contributed by atoms with Gasteiger partial charge in [-0.15, -0.1) is 0 Å². The summed E-state index contributed by atoms with van der Waals surface area (Å²) in [6, 6.07) is 5.94. The van der Waals surface area contributed by atoms with Gasteiger partial charge in [0.25, 0.3) is 0 Å². The van der Waals surface area contributed by atoms with Crippen LogP contribution in [0.4, 0.5) is 10.1 Å². The molecule has 5 heteroatoms. The lowest BCUT2D eigenvalue weighted by atomic mass is 10.2. The van der Waals surface area contributed by atoms with Crippen molar-refractivity contribution >= 4 is 16.5 Å². The molecule has 0 aliphatic carbocycles. The Balaban J connectivity index is 2.57. The normalized spacial score (nSPS) is 11.8. The largest absolute Gasteiger partial charge is 0.384 e. The van der Waals surface area contributed by atoms with Crippen LogP contribution in [0.15, 0.2) is 18.2 Å². The molecule has 0 spiro atoms. The van der Waals surface area contributed by atoms with E-state index in [0.29, 0.717) is 23.7 Å². The van der Waals surface area contributed by atoms with E-state index in [9.17, 15) is 8.60 Å². The van der Waals surface area contributed by atoms with Crippen LogP contribution in [0.2, 0.25) is 0 Å². The predicted molar refractivity (Wildman–Crippen MR) is 63.2 cm³/mol. The third-order valence-corrected chi connectivity index (χ3v) is 3.31. The molecule has 0 saturated heterocycles. The van der Waals surface area contributed by atoms with E-state index in [1.54, 1.807) is 6.07 Å². The Hall–Kier alpha value is -1.41. The molecule has 0 bridgehead atoms. The van der Waals surface area contributed by atoms with Crippen molar-refractivity contribution in [3.63, 3.8) is 0 Å². The van der Waals surface area contributed by atoms with E-state index in [2.05, 4.69) is 5.32 Å². The fraction of sp³-hybridized carbons (Fsp3) is 0.364. The lowest BCUT2D eigenvalue weighted by Gasteiger charge is -2.06. The first-order valence-corrected chi connectivity index (χ1v) is 6.44. The highest BCUT2D eigenvalue weighted by Crippen LogP contribution is 2.12. The minimum absolute atomic E-state index is 0.277. The summed E-state index contributed by atoms with van der Waals surface area (Å²) < 4.78 is 24.2. The molecule has 16 heavy (non-hydrogen) atoms. The number of benzene rings is 1. The SMILES string of the molecule is CCS(=O)CCNc1cc(F)cc(C#N)c1. The van der Waals surface area contributed by atoms with Crippen molar-refractivity contribution in [2.45, 2.75) is 6.92 Å². The number of anilines is 1. The van der Waals surface area contributed by atoms with Crippen LogP contribution in [0, 0.1) is 17.1 Å². The smallest absolute Gasteiger partial charge is 0.126 e. The van der Waals surface area contributed by atoms with E-state index in [1.165, 1.54) is 12.1 Å². The van der Waals surface area contributed by atoms with Crippen LogP contribution < -0.4 is 5.32 Å². The van der Waals surface area contributed by atoms with Crippen molar-refractivity contribution < 1.29 is 8.60 Å². The number of hydrogen-bond acceptors (Lipinski definition) is 3. The molecule has 0 amide bonds. The van der Waals surface area contributed by atoms with E-state index in [1.807, 2.05) is 13.0 Å². The fourth-order valence-corrected chi connectivity index (χ4v) is 1.83. The van der Waals surface area contributed by atoms with Crippen LogP contribution in [0.3, 0.4) is 0 Å². The molecule has 1 unspecified atom stereocenters. The first-order valence-electron chi connectivity index (χ1n) is 4.95. The Labute approximate surface area is 96.7 Å². The zero-order valence-corrected chi connectivity index (χ0v) is 9.81. The van der Waals surface area contributed by atoms with Crippen LogP contribution in [0.1, 0.15) is 12.5 Å². The topological polar surface area (TPSA) is 52.9 Å². The van der Waals surface area contributed by atoms with Crippen molar-refractivity contribution in [1.29, 1.82) is 5.26 Å². The molecule has 3 nitrogen and oxygen atoms in total. The van der Waals surface area contributed by atoms with Crippen LogP contribution in [0.5, 0.6) is 0 Å². The first-order chi connectivity index (χ1) is 7.65. The van der Waals surface area contributed by atoms with Gasteiger partial charge in [0.05, 0.1) is 11.6 Å². The molecule has 0 radical (unpaired) electrons. The molecule has 1 N–H and O–H groups in total. The maximum Gasteiger partial charge on any atom is 0.126 e. The molecule has 0 saturated carbocycles. The minimum atomic E-state index is -0.834. The van der Waals surface area contributed by atoms with E-state index in [-0.39, 0.29) is 5.56 Å². The van der Waals surface area contributed by atoms with Crippen LogP contribution in [-0.4, -0.2) is 22.3 Å². The number of nitriles is 1. The van der Waals surface area contributed by atoms with E-state index in [4.69, 9.17) is 5.26 Å². The van der Waals surface area contributed by atoms with E-state index in [0.717, 1.165) is 0 Å². The van der Waals surface area contributed by atoms with Gasteiger partial charge in [0, 0.05) is 34.5 Å². The van der Waals surface area contributed by atoms with Crippen molar-refractivity contribution in [3.05, 3.63) is 29.6 Å². The second-order valence-electron chi connectivity index (χ2n) is 3.20. The van der Waals surface area contributed by atoms with Crippen molar-refractivity contribution in [2.75, 3.05) is 23.4 Å². The molecule has 0 aliphatic heterocycles. The predicted octanol–water partition coefficient (Wildman–Crippen LogP) is 1.88. The highest BCUT2D eigenvalue weighted by molar-refractivity contribution is 7.84. The number of rotatable bonds is 5. The highest BCUT2D eigenvalue weighted by atomic mass is 32.2. The van der Waals surface area contributed by atoms with Gasteiger partial charge in [-0.25, -0.2) is 4.39 Å².